The van der Waals surface area contributed by atoms with Gasteiger partial charge in [0, 0.05) is 24.2 Å². The van der Waals surface area contributed by atoms with E-state index in [0.29, 0.717) is 27.6 Å². The first-order chi connectivity index (χ1) is 10.2. The quantitative estimate of drug-likeness (QED) is 0.785. The molecule has 3 rings (SSSR count). The third kappa shape index (κ3) is 2.82. The maximum Gasteiger partial charge on any atom is 0.153 e. The Labute approximate surface area is 126 Å². The predicted molar refractivity (Wildman–Crippen MR) is 81.1 cm³/mol. The average Bonchev–Trinajstić information content (AvgIpc) is 2.50. The van der Waals surface area contributed by atoms with E-state index in [1.807, 2.05) is 6.07 Å². The van der Waals surface area contributed by atoms with Crippen LogP contribution in [0.1, 0.15) is 5.56 Å². The van der Waals surface area contributed by atoms with E-state index in [9.17, 15) is 4.39 Å². The number of hydrogen-bond acceptors (Lipinski definition) is 3. The molecular formula is C16H12ClFN2O. The largest absolute Gasteiger partial charge is 0.455 e. The SMILES string of the molecule is NCc1cc(F)cc(Oc2ccc(Cl)c3cccnc23)c1. The summed E-state index contributed by atoms with van der Waals surface area (Å²) in [5.41, 5.74) is 6.83. The van der Waals surface area contributed by atoms with E-state index in [-0.39, 0.29) is 12.4 Å². The molecule has 21 heavy (non-hydrogen) atoms. The molecule has 5 heteroatoms. The first-order valence-corrected chi connectivity index (χ1v) is 6.76. The van der Waals surface area contributed by atoms with Crippen molar-refractivity contribution in [1.82, 2.24) is 4.98 Å². The third-order valence-electron chi connectivity index (χ3n) is 3.07. The van der Waals surface area contributed by atoms with Crippen molar-refractivity contribution in [2.45, 2.75) is 6.54 Å². The minimum atomic E-state index is -0.390. The summed E-state index contributed by atoms with van der Waals surface area (Å²) in [4.78, 5) is 4.28. The molecule has 0 unspecified atom stereocenters. The van der Waals surface area contributed by atoms with Crippen LogP contribution in [0.4, 0.5) is 4.39 Å². The Morgan fingerprint density at radius 3 is 2.86 bits per heavy atom. The molecule has 2 N–H and O–H groups in total. The predicted octanol–water partition coefficient (Wildman–Crippen LogP) is 4.28. The molecule has 2 aromatic carbocycles. The summed E-state index contributed by atoms with van der Waals surface area (Å²) in [5.74, 6) is 0.507. The number of pyridine rings is 1. The van der Waals surface area contributed by atoms with E-state index in [1.165, 1.54) is 12.1 Å². The number of nitrogens with zero attached hydrogens (tertiary/aromatic N) is 1. The number of hydrogen-bond donors (Lipinski definition) is 1. The van der Waals surface area contributed by atoms with Crippen LogP contribution >= 0.6 is 11.6 Å². The van der Waals surface area contributed by atoms with Crippen LogP contribution in [-0.4, -0.2) is 4.98 Å². The minimum absolute atomic E-state index is 0.244. The molecule has 0 spiro atoms. The fourth-order valence-electron chi connectivity index (χ4n) is 2.12. The first kappa shape index (κ1) is 13.8. The summed E-state index contributed by atoms with van der Waals surface area (Å²) in [7, 11) is 0. The Morgan fingerprint density at radius 2 is 2.05 bits per heavy atom. The molecular weight excluding hydrogens is 291 g/mol. The van der Waals surface area contributed by atoms with Gasteiger partial charge in [0.2, 0.25) is 0 Å². The normalized spacial score (nSPS) is 10.8. The number of fused-ring (bicyclic) bond motifs is 1. The molecule has 3 aromatic rings. The van der Waals surface area contributed by atoms with Crippen LogP contribution in [-0.2, 0) is 6.54 Å². The van der Waals surface area contributed by atoms with Gasteiger partial charge in [0.1, 0.15) is 17.1 Å². The molecule has 0 amide bonds. The third-order valence-corrected chi connectivity index (χ3v) is 3.40. The molecule has 1 heterocycles. The number of nitrogens with two attached hydrogens (primary N) is 1. The number of benzene rings is 2. The van der Waals surface area contributed by atoms with Crippen molar-refractivity contribution in [2.24, 2.45) is 5.73 Å². The summed E-state index contributed by atoms with van der Waals surface area (Å²) in [6.45, 7) is 0.244. The van der Waals surface area contributed by atoms with Gasteiger partial charge in [0.15, 0.2) is 5.75 Å². The van der Waals surface area contributed by atoms with Gasteiger partial charge >= 0.3 is 0 Å². The monoisotopic (exact) mass is 302 g/mol. The van der Waals surface area contributed by atoms with E-state index in [0.717, 1.165) is 5.39 Å². The lowest BCUT2D eigenvalue weighted by atomic mass is 10.2. The molecule has 3 nitrogen and oxygen atoms in total. The van der Waals surface area contributed by atoms with E-state index in [2.05, 4.69) is 4.98 Å². The molecule has 0 radical (unpaired) electrons. The van der Waals surface area contributed by atoms with Crippen LogP contribution in [0.5, 0.6) is 11.5 Å². The van der Waals surface area contributed by atoms with E-state index in [1.54, 1.807) is 30.5 Å². The Kier molecular flexibility index (Phi) is 3.73. The van der Waals surface area contributed by atoms with Crippen LogP contribution in [0.25, 0.3) is 10.9 Å². The highest BCUT2D eigenvalue weighted by molar-refractivity contribution is 6.35. The molecule has 0 saturated carbocycles. The second-order valence-corrected chi connectivity index (χ2v) is 4.95. The Morgan fingerprint density at radius 1 is 1.19 bits per heavy atom. The lowest BCUT2D eigenvalue weighted by Gasteiger charge is -2.10. The first-order valence-electron chi connectivity index (χ1n) is 6.38. The number of rotatable bonds is 3. The summed E-state index contributed by atoms with van der Waals surface area (Å²) in [6.07, 6.45) is 1.66. The van der Waals surface area contributed by atoms with Crippen molar-refractivity contribution < 1.29 is 9.13 Å². The van der Waals surface area contributed by atoms with Crippen molar-refractivity contribution in [2.75, 3.05) is 0 Å². The van der Waals surface area contributed by atoms with Gasteiger partial charge < -0.3 is 10.5 Å². The fourth-order valence-corrected chi connectivity index (χ4v) is 2.33. The highest BCUT2D eigenvalue weighted by Crippen LogP contribution is 2.33. The van der Waals surface area contributed by atoms with Crippen LogP contribution in [0.2, 0.25) is 5.02 Å². The second-order valence-electron chi connectivity index (χ2n) is 4.55. The highest BCUT2D eigenvalue weighted by atomic mass is 35.5. The standard InChI is InChI=1S/C16H12ClFN2O/c17-14-3-4-15(16-13(14)2-1-5-20-16)21-12-7-10(9-19)6-11(18)8-12/h1-8H,9,19H2. The second kappa shape index (κ2) is 5.68. The summed E-state index contributed by atoms with van der Waals surface area (Å²) >= 11 is 6.13. The van der Waals surface area contributed by atoms with E-state index in [4.69, 9.17) is 22.1 Å². The lowest BCUT2D eigenvalue weighted by molar-refractivity contribution is 0.480. The summed E-state index contributed by atoms with van der Waals surface area (Å²) in [6, 6.07) is 11.5. The molecule has 0 aliphatic carbocycles. The van der Waals surface area contributed by atoms with E-state index < -0.39 is 0 Å². The molecule has 1 aromatic heterocycles. The number of ether oxygens (including phenoxy) is 1. The molecule has 0 bridgehead atoms. The van der Waals surface area contributed by atoms with Crippen molar-refractivity contribution in [1.29, 1.82) is 0 Å². The van der Waals surface area contributed by atoms with Crippen molar-refractivity contribution >= 4 is 22.5 Å². The Balaban J connectivity index is 2.06. The molecule has 0 aliphatic heterocycles. The van der Waals surface area contributed by atoms with Crippen LogP contribution < -0.4 is 10.5 Å². The Hall–Kier alpha value is -2.17. The van der Waals surface area contributed by atoms with Crippen LogP contribution in [0.15, 0.2) is 48.7 Å². The fraction of sp³-hybridized carbons (Fsp3) is 0.0625. The maximum absolute atomic E-state index is 13.5. The number of aromatic nitrogens is 1. The summed E-state index contributed by atoms with van der Waals surface area (Å²) in [5, 5.41) is 1.37. The molecule has 0 atom stereocenters. The maximum atomic E-state index is 13.5. The molecule has 106 valence electrons. The van der Waals surface area contributed by atoms with Crippen LogP contribution in [0.3, 0.4) is 0 Å². The van der Waals surface area contributed by atoms with Crippen molar-refractivity contribution in [3.8, 4) is 11.5 Å². The zero-order valence-electron chi connectivity index (χ0n) is 11.0. The minimum Gasteiger partial charge on any atom is -0.455 e. The van der Waals surface area contributed by atoms with E-state index >= 15 is 0 Å². The smallest absolute Gasteiger partial charge is 0.153 e. The van der Waals surface area contributed by atoms with Gasteiger partial charge in [-0.1, -0.05) is 11.6 Å². The van der Waals surface area contributed by atoms with Crippen LogP contribution in [0, 0.1) is 5.82 Å². The van der Waals surface area contributed by atoms with Gasteiger partial charge in [-0.15, -0.1) is 0 Å². The van der Waals surface area contributed by atoms with Gasteiger partial charge in [-0.3, -0.25) is 4.98 Å². The van der Waals surface area contributed by atoms with Crippen molar-refractivity contribution in [3.05, 3.63) is 65.1 Å². The molecule has 0 aliphatic rings. The number of halogens is 2. The highest BCUT2D eigenvalue weighted by Gasteiger charge is 2.09. The topological polar surface area (TPSA) is 48.1 Å². The van der Waals surface area contributed by atoms with Gasteiger partial charge in [0.25, 0.3) is 0 Å². The van der Waals surface area contributed by atoms with Gasteiger partial charge in [-0.25, -0.2) is 4.39 Å². The lowest BCUT2D eigenvalue weighted by Crippen LogP contribution is -1.98. The van der Waals surface area contributed by atoms with Crippen molar-refractivity contribution in [3.63, 3.8) is 0 Å². The zero-order valence-corrected chi connectivity index (χ0v) is 11.8. The zero-order chi connectivity index (χ0) is 14.8. The molecule has 0 fully saturated rings. The van der Waals surface area contributed by atoms with Gasteiger partial charge in [-0.2, -0.15) is 0 Å². The molecule has 0 saturated heterocycles. The van der Waals surface area contributed by atoms with Gasteiger partial charge in [-0.05, 0) is 42.0 Å². The Bertz CT molecular complexity index is 807. The average molecular weight is 303 g/mol. The summed E-state index contributed by atoms with van der Waals surface area (Å²) < 4.78 is 19.3. The van der Waals surface area contributed by atoms with Gasteiger partial charge in [0.05, 0.1) is 5.02 Å².